The summed E-state index contributed by atoms with van der Waals surface area (Å²) in [6.07, 6.45) is 0.912. The maximum absolute atomic E-state index is 15.1. The van der Waals surface area contributed by atoms with Crippen LogP contribution >= 0.6 is 23.2 Å². The second kappa shape index (κ2) is 7.36. The van der Waals surface area contributed by atoms with Gasteiger partial charge in [-0.25, -0.2) is 9.07 Å². The van der Waals surface area contributed by atoms with E-state index >= 15 is 4.39 Å². The molecule has 3 heterocycles. The Kier molecular flexibility index (Phi) is 4.45. The van der Waals surface area contributed by atoms with Gasteiger partial charge in [0.1, 0.15) is 30.0 Å². The van der Waals surface area contributed by atoms with Crippen LogP contribution < -0.4 is 10.1 Å². The van der Waals surface area contributed by atoms with Crippen LogP contribution in [0.4, 0.5) is 10.3 Å². The zero-order valence-corrected chi connectivity index (χ0v) is 18.0. The average molecular weight is 465 g/mol. The Labute approximate surface area is 193 Å². The number of hydrogen-bond donors (Lipinski definition) is 1. The highest BCUT2D eigenvalue weighted by Crippen LogP contribution is 2.51. The molecule has 0 aliphatic carbocycles. The minimum absolute atomic E-state index is 0.338. The van der Waals surface area contributed by atoms with Gasteiger partial charge in [0.15, 0.2) is 0 Å². The van der Waals surface area contributed by atoms with Crippen LogP contribution in [-0.4, -0.2) is 14.8 Å². The minimum Gasteiger partial charge on any atom is -0.480 e. The Morgan fingerprint density at radius 2 is 1.81 bits per heavy atom. The number of fused-ring (bicyclic) bond motifs is 3. The van der Waals surface area contributed by atoms with Crippen molar-refractivity contribution in [2.75, 3.05) is 5.32 Å². The second-order valence-corrected chi connectivity index (χ2v) is 8.47. The van der Waals surface area contributed by atoms with Crippen molar-refractivity contribution in [1.29, 1.82) is 0 Å². The Bertz CT molecular complexity index is 1400. The second-order valence-electron chi connectivity index (χ2n) is 7.60. The van der Waals surface area contributed by atoms with Crippen LogP contribution in [0.2, 0.25) is 10.0 Å². The molecule has 0 saturated carbocycles. The van der Waals surface area contributed by atoms with Crippen LogP contribution in [0.25, 0.3) is 5.70 Å². The molecule has 0 saturated heterocycles. The van der Waals surface area contributed by atoms with Crippen LogP contribution in [0.1, 0.15) is 28.8 Å². The molecule has 8 heteroatoms. The van der Waals surface area contributed by atoms with Gasteiger partial charge in [-0.05, 0) is 42.0 Å². The van der Waals surface area contributed by atoms with Crippen LogP contribution in [0.15, 0.2) is 78.6 Å². The molecule has 2 aliphatic heterocycles. The molecule has 0 spiro atoms. The quantitative estimate of drug-likeness (QED) is 0.379. The van der Waals surface area contributed by atoms with E-state index in [4.69, 9.17) is 27.9 Å². The highest BCUT2D eigenvalue weighted by atomic mass is 35.5. The van der Waals surface area contributed by atoms with Crippen LogP contribution in [0.5, 0.6) is 5.75 Å². The molecule has 158 valence electrons. The number of aromatic nitrogens is 3. The molecule has 32 heavy (non-hydrogen) atoms. The third-order valence-corrected chi connectivity index (χ3v) is 6.20. The lowest BCUT2D eigenvalue weighted by Crippen LogP contribution is -2.32. The van der Waals surface area contributed by atoms with Gasteiger partial charge in [0.05, 0.1) is 5.70 Å². The molecule has 4 aromatic rings. The first-order valence-corrected chi connectivity index (χ1v) is 10.7. The van der Waals surface area contributed by atoms with E-state index in [1.54, 1.807) is 35.0 Å². The lowest BCUT2D eigenvalue weighted by molar-refractivity contribution is 0.222. The van der Waals surface area contributed by atoms with Gasteiger partial charge in [0, 0.05) is 26.7 Å². The van der Waals surface area contributed by atoms with Crippen molar-refractivity contribution in [3.63, 3.8) is 0 Å². The third kappa shape index (κ3) is 2.98. The van der Waals surface area contributed by atoms with Crippen molar-refractivity contribution in [2.45, 2.75) is 12.1 Å². The molecule has 0 fully saturated rings. The standard InChI is InChI=1S/C24H15Cl2FN4O/c25-14-5-3-4-13(10-14)23-20-21(17-11-15(26)8-9-19(17)32-23)30-24-28-12-29-31(24)22(20)16-6-1-2-7-18(16)27/h1-12,22-23H,(H,28,29,30)/t22-,23+/m1/s1. The number of benzene rings is 3. The van der Waals surface area contributed by atoms with Crippen molar-refractivity contribution in [3.8, 4) is 5.75 Å². The molecule has 0 amide bonds. The molecule has 2 aliphatic rings. The predicted octanol–water partition coefficient (Wildman–Crippen LogP) is 6.28. The summed E-state index contributed by atoms with van der Waals surface area (Å²) >= 11 is 12.6. The van der Waals surface area contributed by atoms with E-state index in [0.29, 0.717) is 27.3 Å². The third-order valence-electron chi connectivity index (χ3n) is 5.73. The predicted molar refractivity (Wildman–Crippen MR) is 121 cm³/mol. The number of halogens is 3. The SMILES string of the molecule is Fc1ccccc1[C@@H]1C2=C(Nc3ncnn31)c1cc(Cl)ccc1O[C@H]2c1cccc(Cl)c1. The maximum Gasteiger partial charge on any atom is 0.226 e. The first-order valence-electron chi connectivity index (χ1n) is 9.97. The number of nitrogens with zero attached hydrogens (tertiary/aromatic N) is 3. The summed E-state index contributed by atoms with van der Waals surface area (Å²) in [5.41, 5.74) is 3.66. The van der Waals surface area contributed by atoms with E-state index in [0.717, 1.165) is 22.4 Å². The van der Waals surface area contributed by atoms with Crippen LogP contribution in [0.3, 0.4) is 0 Å². The number of anilines is 1. The molecule has 2 atom stereocenters. The topological polar surface area (TPSA) is 52.0 Å². The van der Waals surface area contributed by atoms with Crippen LogP contribution in [-0.2, 0) is 0 Å². The Hall–Kier alpha value is -3.35. The summed E-state index contributed by atoms with van der Waals surface area (Å²) in [7, 11) is 0. The van der Waals surface area contributed by atoms with E-state index in [2.05, 4.69) is 15.4 Å². The summed E-state index contributed by atoms with van der Waals surface area (Å²) in [6, 6.07) is 19.0. The maximum atomic E-state index is 15.1. The summed E-state index contributed by atoms with van der Waals surface area (Å²) in [4.78, 5) is 4.35. The molecule has 3 aromatic carbocycles. The molecule has 1 aromatic heterocycles. The number of hydrogen-bond acceptors (Lipinski definition) is 4. The van der Waals surface area contributed by atoms with Gasteiger partial charge in [-0.1, -0.05) is 53.5 Å². The molecule has 6 rings (SSSR count). The smallest absolute Gasteiger partial charge is 0.226 e. The lowest BCUT2D eigenvalue weighted by Gasteiger charge is -2.39. The summed E-state index contributed by atoms with van der Waals surface area (Å²) < 4.78 is 23.3. The molecule has 0 radical (unpaired) electrons. The zero-order valence-electron chi connectivity index (χ0n) is 16.5. The zero-order chi connectivity index (χ0) is 21.8. The van der Waals surface area contributed by atoms with Gasteiger partial charge < -0.3 is 10.1 Å². The Balaban J connectivity index is 1.67. The van der Waals surface area contributed by atoms with Gasteiger partial charge in [0.25, 0.3) is 0 Å². The van der Waals surface area contributed by atoms with Crippen molar-refractivity contribution in [3.05, 3.63) is 111 Å². The molecule has 0 unspecified atom stereocenters. The lowest BCUT2D eigenvalue weighted by atomic mass is 9.84. The largest absolute Gasteiger partial charge is 0.480 e. The summed E-state index contributed by atoms with van der Waals surface area (Å²) in [6.45, 7) is 0. The van der Waals surface area contributed by atoms with E-state index in [-0.39, 0.29) is 5.82 Å². The molecular weight excluding hydrogens is 450 g/mol. The highest BCUT2D eigenvalue weighted by Gasteiger charge is 2.41. The van der Waals surface area contributed by atoms with E-state index in [1.807, 2.05) is 30.3 Å². The number of rotatable bonds is 2. The number of ether oxygens (including phenoxy) is 1. The molecule has 5 nitrogen and oxygen atoms in total. The fraction of sp³-hybridized carbons (Fsp3) is 0.0833. The molecule has 0 bridgehead atoms. The monoisotopic (exact) mass is 464 g/mol. The molecular formula is C24H15Cl2FN4O. The fourth-order valence-corrected chi connectivity index (χ4v) is 4.75. The highest BCUT2D eigenvalue weighted by molar-refractivity contribution is 6.31. The first-order chi connectivity index (χ1) is 15.6. The average Bonchev–Trinajstić information content (AvgIpc) is 3.26. The van der Waals surface area contributed by atoms with Gasteiger partial charge in [-0.15, -0.1) is 0 Å². The van der Waals surface area contributed by atoms with Crippen LogP contribution in [0, 0.1) is 5.82 Å². The number of nitrogens with one attached hydrogen (secondary N) is 1. The summed E-state index contributed by atoms with van der Waals surface area (Å²) in [5.74, 6) is 0.829. The molecule has 1 N–H and O–H groups in total. The fourth-order valence-electron chi connectivity index (χ4n) is 4.38. The first kappa shape index (κ1) is 19.3. The Morgan fingerprint density at radius 3 is 2.66 bits per heavy atom. The van der Waals surface area contributed by atoms with Gasteiger partial charge in [0.2, 0.25) is 5.95 Å². The van der Waals surface area contributed by atoms with E-state index in [1.165, 1.54) is 12.4 Å². The van der Waals surface area contributed by atoms with Crippen molar-refractivity contribution >= 4 is 34.8 Å². The van der Waals surface area contributed by atoms with E-state index < -0.39 is 12.1 Å². The van der Waals surface area contributed by atoms with Gasteiger partial charge in [-0.2, -0.15) is 10.1 Å². The van der Waals surface area contributed by atoms with Crippen molar-refractivity contribution < 1.29 is 9.13 Å². The minimum atomic E-state index is -0.582. The van der Waals surface area contributed by atoms with Crippen molar-refractivity contribution in [1.82, 2.24) is 14.8 Å². The van der Waals surface area contributed by atoms with Gasteiger partial charge >= 0.3 is 0 Å². The summed E-state index contributed by atoms with van der Waals surface area (Å²) in [5, 5.41) is 8.92. The Morgan fingerprint density at radius 1 is 0.969 bits per heavy atom. The normalized spacial score (nSPS) is 18.8. The van der Waals surface area contributed by atoms with Gasteiger partial charge in [-0.3, -0.25) is 0 Å². The van der Waals surface area contributed by atoms with E-state index in [9.17, 15) is 0 Å². The van der Waals surface area contributed by atoms with Crippen molar-refractivity contribution in [2.24, 2.45) is 0 Å².